The van der Waals surface area contributed by atoms with Crippen LogP contribution in [-0.2, 0) is 4.79 Å². The molecule has 0 radical (unpaired) electrons. The van der Waals surface area contributed by atoms with Crippen LogP contribution in [0, 0.1) is 23.4 Å². The second kappa shape index (κ2) is 7.31. The molecule has 2 aromatic rings. The van der Waals surface area contributed by atoms with Gasteiger partial charge in [0, 0.05) is 31.1 Å². The summed E-state index contributed by atoms with van der Waals surface area (Å²) in [6.45, 7) is 2.10. The number of ether oxygens (including phenoxy) is 2. The van der Waals surface area contributed by atoms with Gasteiger partial charge in [-0.15, -0.1) is 0 Å². The van der Waals surface area contributed by atoms with Crippen molar-refractivity contribution in [1.82, 2.24) is 4.90 Å². The number of fused-ring (bicyclic) bond motifs is 1. The molecule has 0 aromatic heterocycles. The summed E-state index contributed by atoms with van der Waals surface area (Å²) in [4.78, 5) is 25.5. The van der Waals surface area contributed by atoms with Gasteiger partial charge in [-0.05, 0) is 25.1 Å². The number of halogens is 3. The Balaban J connectivity index is 1.40. The quantitative estimate of drug-likeness (QED) is 0.848. The molecule has 0 aliphatic carbocycles. The summed E-state index contributed by atoms with van der Waals surface area (Å²) in [5, 5.41) is 2.54. The summed E-state index contributed by atoms with van der Waals surface area (Å²) >= 11 is 0. The van der Waals surface area contributed by atoms with Crippen LogP contribution in [0.4, 0.5) is 18.9 Å². The van der Waals surface area contributed by atoms with Crippen molar-refractivity contribution >= 4 is 17.5 Å². The number of rotatable bonds is 4. The van der Waals surface area contributed by atoms with Crippen LogP contribution in [0.15, 0.2) is 30.3 Å². The van der Waals surface area contributed by atoms with Gasteiger partial charge in [0.15, 0.2) is 18.2 Å². The number of benzene rings is 2. The minimum absolute atomic E-state index is 0.0693. The van der Waals surface area contributed by atoms with E-state index in [-0.39, 0.29) is 41.2 Å². The molecule has 1 fully saturated rings. The van der Waals surface area contributed by atoms with Gasteiger partial charge < -0.3 is 19.7 Å². The predicted octanol–water partition coefficient (Wildman–Crippen LogP) is 2.97. The fourth-order valence-corrected chi connectivity index (χ4v) is 3.28. The van der Waals surface area contributed by atoms with E-state index in [1.807, 2.05) is 0 Å². The Bertz CT molecular complexity index is 992. The van der Waals surface area contributed by atoms with Crippen molar-refractivity contribution in [2.75, 3.05) is 25.0 Å². The summed E-state index contributed by atoms with van der Waals surface area (Å²) in [5.41, 5.74) is 0.0673. The molecule has 2 aliphatic heterocycles. The molecule has 0 bridgehead atoms. The summed E-state index contributed by atoms with van der Waals surface area (Å²) in [5.74, 6) is -3.14. The number of hydrogen-bond acceptors (Lipinski definition) is 4. The van der Waals surface area contributed by atoms with Crippen molar-refractivity contribution in [3.63, 3.8) is 0 Å². The molecule has 0 spiro atoms. The number of amides is 2. The van der Waals surface area contributed by atoms with Crippen molar-refractivity contribution < 1.29 is 32.2 Å². The first-order valence-electron chi connectivity index (χ1n) is 8.99. The van der Waals surface area contributed by atoms with E-state index < -0.39 is 29.5 Å². The van der Waals surface area contributed by atoms with E-state index in [4.69, 9.17) is 9.47 Å². The van der Waals surface area contributed by atoms with E-state index in [0.29, 0.717) is 13.1 Å². The zero-order valence-corrected chi connectivity index (χ0v) is 15.4. The van der Waals surface area contributed by atoms with Crippen LogP contribution in [0.1, 0.15) is 17.3 Å². The van der Waals surface area contributed by atoms with Gasteiger partial charge in [0.25, 0.3) is 11.8 Å². The van der Waals surface area contributed by atoms with Crippen LogP contribution in [0.3, 0.4) is 0 Å². The lowest BCUT2D eigenvalue weighted by atomic mass is 9.93. The minimum Gasteiger partial charge on any atom is -0.487 e. The molecule has 152 valence electrons. The zero-order chi connectivity index (χ0) is 20.7. The maximum atomic E-state index is 14.3. The molecule has 1 atom stereocenters. The van der Waals surface area contributed by atoms with E-state index in [1.54, 1.807) is 6.92 Å². The molecule has 29 heavy (non-hydrogen) atoms. The molecule has 6 nitrogen and oxygen atoms in total. The highest BCUT2D eigenvalue weighted by Gasteiger charge is 2.37. The molecule has 4 rings (SSSR count). The average molecular weight is 406 g/mol. The Morgan fingerprint density at radius 3 is 2.69 bits per heavy atom. The number of nitrogens with one attached hydrogen (secondary N) is 1. The van der Waals surface area contributed by atoms with Gasteiger partial charge in [0.2, 0.25) is 0 Å². The molecule has 1 N–H and O–H groups in total. The van der Waals surface area contributed by atoms with Crippen molar-refractivity contribution in [2.45, 2.75) is 13.0 Å². The second-order valence-corrected chi connectivity index (χ2v) is 7.03. The van der Waals surface area contributed by atoms with Gasteiger partial charge in [-0.1, -0.05) is 0 Å². The first kappa shape index (κ1) is 19.1. The lowest BCUT2D eigenvalue weighted by molar-refractivity contribution is -0.118. The van der Waals surface area contributed by atoms with Crippen LogP contribution >= 0.6 is 0 Å². The van der Waals surface area contributed by atoms with Gasteiger partial charge in [0.05, 0.1) is 11.3 Å². The third-order valence-electron chi connectivity index (χ3n) is 5.00. The molecule has 1 saturated heterocycles. The largest absolute Gasteiger partial charge is 0.487 e. The lowest BCUT2D eigenvalue weighted by Crippen LogP contribution is -2.55. The van der Waals surface area contributed by atoms with Crippen molar-refractivity contribution in [3.05, 3.63) is 53.3 Å². The van der Waals surface area contributed by atoms with Gasteiger partial charge in [-0.3, -0.25) is 9.59 Å². The van der Waals surface area contributed by atoms with Crippen LogP contribution in [0.5, 0.6) is 11.5 Å². The number of nitrogens with zero attached hydrogens (tertiary/aromatic N) is 1. The van der Waals surface area contributed by atoms with Gasteiger partial charge in [-0.25, -0.2) is 13.2 Å². The van der Waals surface area contributed by atoms with Crippen LogP contribution < -0.4 is 14.8 Å². The van der Waals surface area contributed by atoms with Crippen LogP contribution in [0.25, 0.3) is 0 Å². The fourth-order valence-electron chi connectivity index (χ4n) is 3.28. The van der Waals surface area contributed by atoms with Crippen molar-refractivity contribution in [3.8, 4) is 11.5 Å². The Morgan fingerprint density at radius 2 is 1.97 bits per heavy atom. The molecular weight excluding hydrogens is 389 g/mol. The number of anilines is 1. The summed E-state index contributed by atoms with van der Waals surface area (Å²) in [6.07, 6.45) is -0.430. The SMILES string of the molecule is CC(Oc1ccc(F)cc1F)C1CN(C(=O)c2cc3c(cc2F)OCC(=O)N3)C1. The molecule has 1 unspecified atom stereocenters. The number of hydrogen-bond donors (Lipinski definition) is 1. The van der Waals surface area contributed by atoms with Gasteiger partial charge >= 0.3 is 0 Å². The minimum atomic E-state index is -0.801. The van der Waals surface area contributed by atoms with Gasteiger partial charge in [-0.2, -0.15) is 0 Å². The number of carbonyl (C=O) groups excluding carboxylic acids is 2. The third kappa shape index (κ3) is 3.72. The highest BCUT2D eigenvalue weighted by molar-refractivity contribution is 6.00. The van der Waals surface area contributed by atoms with Crippen LogP contribution in [0.2, 0.25) is 0 Å². The first-order valence-corrected chi connectivity index (χ1v) is 8.99. The molecule has 0 saturated carbocycles. The summed E-state index contributed by atoms with van der Waals surface area (Å²) in [6, 6.07) is 5.37. The molecule has 2 aliphatic rings. The summed E-state index contributed by atoms with van der Waals surface area (Å²) in [7, 11) is 0. The first-order chi connectivity index (χ1) is 13.8. The standard InChI is InChI=1S/C20H17F3N2O4/c1-10(29-17-3-2-12(21)4-15(17)23)11-7-25(8-11)20(27)13-5-16-18(6-14(13)22)28-9-19(26)24-16/h2-6,10-11H,7-9H2,1H3,(H,24,26). The average Bonchev–Trinajstić information content (AvgIpc) is 2.62. The second-order valence-electron chi connectivity index (χ2n) is 7.03. The molecular formula is C20H17F3N2O4. The van der Waals surface area contributed by atoms with Crippen molar-refractivity contribution in [2.24, 2.45) is 5.92 Å². The Morgan fingerprint density at radius 1 is 1.21 bits per heavy atom. The normalized spacial score (nSPS) is 17.0. The van der Waals surface area contributed by atoms with Crippen molar-refractivity contribution in [1.29, 1.82) is 0 Å². The fraction of sp³-hybridized carbons (Fsp3) is 0.300. The molecule has 2 amide bonds. The lowest BCUT2D eigenvalue weighted by Gasteiger charge is -2.42. The third-order valence-corrected chi connectivity index (χ3v) is 5.00. The molecule has 2 heterocycles. The molecule has 9 heteroatoms. The van der Waals surface area contributed by atoms with E-state index >= 15 is 0 Å². The monoisotopic (exact) mass is 406 g/mol. The van der Waals surface area contributed by atoms with E-state index in [2.05, 4.69) is 5.32 Å². The smallest absolute Gasteiger partial charge is 0.262 e. The topological polar surface area (TPSA) is 67.9 Å². The number of likely N-dealkylation sites (tertiary alicyclic amines) is 1. The van der Waals surface area contributed by atoms with Gasteiger partial charge in [0.1, 0.15) is 23.5 Å². The molecule has 2 aromatic carbocycles. The highest BCUT2D eigenvalue weighted by atomic mass is 19.1. The zero-order valence-electron chi connectivity index (χ0n) is 15.4. The Labute approximate surface area is 164 Å². The highest BCUT2D eigenvalue weighted by Crippen LogP contribution is 2.33. The van der Waals surface area contributed by atoms with E-state index in [9.17, 15) is 22.8 Å². The summed E-state index contributed by atoms with van der Waals surface area (Å²) < 4.78 is 51.7. The Kier molecular flexibility index (Phi) is 4.81. The predicted molar refractivity (Wildman–Crippen MR) is 96.4 cm³/mol. The van der Waals surface area contributed by atoms with E-state index in [0.717, 1.165) is 18.2 Å². The van der Waals surface area contributed by atoms with Crippen LogP contribution in [-0.4, -0.2) is 42.5 Å². The maximum Gasteiger partial charge on any atom is 0.262 e. The maximum absolute atomic E-state index is 14.3. The van der Waals surface area contributed by atoms with E-state index in [1.165, 1.54) is 17.0 Å². The number of carbonyl (C=O) groups is 2. The Hall–Kier alpha value is -3.23.